The van der Waals surface area contributed by atoms with Crippen molar-refractivity contribution in [3.8, 4) is 0 Å². The molecule has 0 spiro atoms. The van der Waals surface area contributed by atoms with Gasteiger partial charge in [-0.1, -0.05) is 19.8 Å². The molecule has 17 heavy (non-hydrogen) atoms. The molecule has 0 radical (unpaired) electrons. The van der Waals surface area contributed by atoms with Crippen molar-refractivity contribution >= 4 is 0 Å². The molecular formula is C14H28N2O. The number of nitrogens with zero attached hydrogens (tertiary/aromatic N) is 1. The first-order valence-electron chi connectivity index (χ1n) is 7.08. The van der Waals surface area contributed by atoms with Crippen LogP contribution < -0.4 is 5.73 Å². The number of likely N-dealkylation sites (N-methyl/N-ethyl adjacent to an activating group) is 1. The summed E-state index contributed by atoms with van der Waals surface area (Å²) in [5, 5.41) is 0. The summed E-state index contributed by atoms with van der Waals surface area (Å²) in [5.41, 5.74) is 6.21. The first-order valence-corrected chi connectivity index (χ1v) is 7.08. The Morgan fingerprint density at radius 1 is 1.41 bits per heavy atom. The lowest BCUT2D eigenvalue weighted by atomic mass is 9.77. The van der Waals surface area contributed by atoms with Gasteiger partial charge in [-0.2, -0.15) is 0 Å². The molecule has 3 nitrogen and oxygen atoms in total. The minimum Gasteiger partial charge on any atom is -0.379 e. The molecule has 3 heteroatoms. The smallest absolute Gasteiger partial charge is 0.0767 e. The van der Waals surface area contributed by atoms with Gasteiger partial charge in [0.25, 0.3) is 0 Å². The molecule has 0 aromatic rings. The van der Waals surface area contributed by atoms with Gasteiger partial charge < -0.3 is 10.5 Å². The van der Waals surface area contributed by atoms with Gasteiger partial charge in [-0.3, -0.25) is 4.90 Å². The number of nitrogens with two attached hydrogens (primary N) is 1. The van der Waals surface area contributed by atoms with Crippen molar-refractivity contribution in [2.75, 3.05) is 27.2 Å². The molecular weight excluding hydrogens is 212 g/mol. The lowest BCUT2D eigenvalue weighted by molar-refractivity contribution is -0.0673. The number of rotatable bonds is 5. The fraction of sp³-hybridized carbons (Fsp3) is 1.00. The molecule has 0 heterocycles. The minimum atomic E-state index is 0.0926. The van der Waals surface area contributed by atoms with Crippen LogP contribution in [0.4, 0.5) is 0 Å². The highest BCUT2D eigenvalue weighted by atomic mass is 16.5. The highest BCUT2D eigenvalue weighted by Crippen LogP contribution is 2.41. The van der Waals surface area contributed by atoms with Crippen molar-refractivity contribution in [2.45, 2.75) is 50.7 Å². The first kappa shape index (κ1) is 13.3. The quantitative estimate of drug-likeness (QED) is 0.797. The van der Waals surface area contributed by atoms with Crippen LogP contribution in [-0.4, -0.2) is 43.8 Å². The van der Waals surface area contributed by atoms with E-state index in [-0.39, 0.29) is 5.54 Å². The molecule has 4 unspecified atom stereocenters. The van der Waals surface area contributed by atoms with Crippen LogP contribution in [0.15, 0.2) is 0 Å². The second-order valence-corrected chi connectivity index (χ2v) is 6.13. The Kier molecular flexibility index (Phi) is 4.11. The molecule has 0 bridgehead atoms. The van der Waals surface area contributed by atoms with E-state index in [1.807, 2.05) is 7.11 Å². The van der Waals surface area contributed by atoms with Crippen LogP contribution in [-0.2, 0) is 4.74 Å². The first-order chi connectivity index (χ1) is 8.14. The van der Waals surface area contributed by atoms with Crippen molar-refractivity contribution in [3.63, 3.8) is 0 Å². The molecule has 100 valence electrons. The molecule has 2 aliphatic carbocycles. The van der Waals surface area contributed by atoms with Crippen molar-refractivity contribution in [1.82, 2.24) is 4.90 Å². The maximum Gasteiger partial charge on any atom is 0.0767 e. The summed E-state index contributed by atoms with van der Waals surface area (Å²) < 4.78 is 5.73. The fourth-order valence-corrected chi connectivity index (χ4v) is 3.54. The van der Waals surface area contributed by atoms with Gasteiger partial charge in [0.1, 0.15) is 0 Å². The third-order valence-electron chi connectivity index (χ3n) is 5.11. The molecule has 0 amide bonds. The van der Waals surface area contributed by atoms with Crippen molar-refractivity contribution < 1.29 is 4.74 Å². The lowest BCUT2D eigenvalue weighted by Crippen LogP contribution is -2.62. The highest BCUT2D eigenvalue weighted by Gasteiger charge is 2.45. The van der Waals surface area contributed by atoms with Gasteiger partial charge in [-0.25, -0.2) is 0 Å². The van der Waals surface area contributed by atoms with Crippen LogP contribution in [0.1, 0.15) is 39.0 Å². The summed E-state index contributed by atoms with van der Waals surface area (Å²) in [6, 6.07) is 0. The van der Waals surface area contributed by atoms with E-state index in [1.54, 1.807) is 0 Å². The Hall–Kier alpha value is -0.120. The second-order valence-electron chi connectivity index (χ2n) is 6.13. The molecule has 0 aliphatic heterocycles. The van der Waals surface area contributed by atoms with E-state index in [1.165, 1.54) is 32.2 Å². The summed E-state index contributed by atoms with van der Waals surface area (Å²) >= 11 is 0. The van der Waals surface area contributed by atoms with Gasteiger partial charge in [0.2, 0.25) is 0 Å². The van der Waals surface area contributed by atoms with Crippen LogP contribution >= 0.6 is 0 Å². The van der Waals surface area contributed by atoms with Gasteiger partial charge in [0.15, 0.2) is 0 Å². The summed E-state index contributed by atoms with van der Waals surface area (Å²) in [6.07, 6.45) is 6.65. The Labute approximate surface area is 106 Å². The van der Waals surface area contributed by atoms with E-state index < -0.39 is 0 Å². The zero-order chi connectivity index (χ0) is 12.5. The predicted molar refractivity (Wildman–Crippen MR) is 71.0 cm³/mol. The molecule has 0 aromatic heterocycles. The van der Waals surface area contributed by atoms with Crippen LogP contribution in [0.3, 0.4) is 0 Å². The molecule has 2 fully saturated rings. The monoisotopic (exact) mass is 240 g/mol. The van der Waals surface area contributed by atoms with E-state index in [0.29, 0.717) is 6.10 Å². The molecule has 2 rings (SSSR count). The van der Waals surface area contributed by atoms with E-state index in [4.69, 9.17) is 10.5 Å². The zero-order valence-electron chi connectivity index (χ0n) is 11.6. The summed E-state index contributed by atoms with van der Waals surface area (Å²) in [4.78, 5) is 2.51. The van der Waals surface area contributed by atoms with E-state index in [2.05, 4.69) is 18.9 Å². The van der Waals surface area contributed by atoms with Gasteiger partial charge >= 0.3 is 0 Å². The molecule has 2 N–H and O–H groups in total. The number of hydrogen-bond acceptors (Lipinski definition) is 3. The Bertz CT molecular complexity index is 259. The Morgan fingerprint density at radius 3 is 2.65 bits per heavy atom. The predicted octanol–water partition coefficient (Wildman–Crippen LogP) is 1.86. The fourth-order valence-electron chi connectivity index (χ4n) is 3.54. The summed E-state index contributed by atoms with van der Waals surface area (Å²) in [5.74, 6) is 1.81. The standard InChI is InChI=1S/C14H28N2O/c1-11-8-12(11)9-16(2)14(10-15)7-5-4-6-13(14)17-3/h11-13H,4-10,15H2,1-3H3. The van der Waals surface area contributed by atoms with E-state index >= 15 is 0 Å². The number of ether oxygens (including phenoxy) is 1. The SMILES string of the molecule is COC1CCCCC1(CN)N(C)CC1CC1C. The van der Waals surface area contributed by atoms with Crippen LogP contribution in [0, 0.1) is 11.8 Å². The maximum atomic E-state index is 6.11. The van der Waals surface area contributed by atoms with E-state index in [0.717, 1.165) is 24.8 Å². The van der Waals surface area contributed by atoms with Crippen LogP contribution in [0.5, 0.6) is 0 Å². The topological polar surface area (TPSA) is 38.5 Å². The molecule has 2 saturated carbocycles. The Morgan fingerprint density at radius 2 is 2.12 bits per heavy atom. The lowest BCUT2D eigenvalue weighted by Gasteiger charge is -2.49. The molecule has 0 aromatic carbocycles. The van der Waals surface area contributed by atoms with Crippen molar-refractivity contribution in [2.24, 2.45) is 17.6 Å². The van der Waals surface area contributed by atoms with E-state index in [9.17, 15) is 0 Å². The molecule has 0 saturated heterocycles. The van der Waals surface area contributed by atoms with Gasteiger partial charge in [0, 0.05) is 20.2 Å². The largest absolute Gasteiger partial charge is 0.379 e. The minimum absolute atomic E-state index is 0.0926. The summed E-state index contributed by atoms with van der Waals surface area (Å²) in [7, 11) is 4.09. The highest BCUT2D eigenvalue weighted by molar-refractivity contribution is 5.01. The zero-order valence-corrected chi connectivity index (χ0v) is 11.6. The third kappa shape index (κ3) is 2.51. The van der Waals surface area contributed by atoms with Gasteiger partial charge in [-0.15, -0.1) is 0 Å². The van der Waals surface area contributed by atoms with Gasteiger partial charge in [-0.05, 0) is 38.1 Å². The third-order valence-corrected chi connectivity index (χ3v) is 5.11. The van der Waals surface area contributed by atoms with Crippen molar-refractivity contribution in [3.05, 3.63) is 0 Å². The molecule has 2 aliphatic rings. The van der Waals surface area contributed by atoms with Crippen molar-refractivity contribution in [1.29, 1.82) is 0 Å². The normalized spacial score (nSPS) is 41.8. The second kappa shape index (κ2) is 5.25. The van der Waals surface area contributed by atoms with Crippen LogP contribution in [0.2, 0.25) is 0 Å². The van der Waals surface area contributed by atoms with Crippen LogP contribution in [0.25, 0.3) is 0 Å². The average molecular weight is 240 g/mol. The van der Waals surface area contributed by atoms with Gasteiger partial charge in [0.05, 0.1) is 11.6 Å². The molecule has 4 atom stereocenters. The number of hydrogen-bond donors (Lipinski definition) is 1. The Balaban J connectivity index is 2.04. The number of methoxy groups -OCH3 is 1. The maximum absolute atomic E-state index is 6.11. The average Bonchev–Trinajstić information content (AvgIpc) is 3.04. The summed E-state index contributed by atoms with van der Waals surface area (Å²) in [6.45, 7) is 4.27.